The number of carbonyl (C=O) groups is 1. The second kappa shape index (κ2) is 7.46. The Morgan fingerprint density at radius 3 is 2.71 bits per heavy atom. The van der Waals surface area contributed by atoms with Crippen molar-refractivity contribution in [1.29, 1.82) is 0 Å². The maximum absolute atomic E-state index is 12.1. The molecule has 1 aromatic rings. The summed E-state index contributed by atoms with van der Waals surface area (Å²) in [5.41, 5.74) is 9.12. The fourth-order valence-corrected chi connectivity index (χ4v) is 2.74. The minimum Gasteiger partial charge on any atom is -0.372 e. The van der Waals surface area contributed by atoms with Crippen molar-refractivity contribution in [3.8, 4) is 0 Å². The Balaban J connectivity index is 1.98. The SMILES string of the molecule is CCCCC(N)C(=O)Nc1ccc(N2CCCC2)cc1C. The van der Waals surface area contributed by atoms with Crippen LogP contribution in [0.1, 0.15) is 44.6 Å². The zero-order chi connectivity index (χ0) is 15.2. The number of benzene rings is 1. The monoisotopic (exact) mass is 289 g/mol. The summed E-state index contributed by atoms with van der Waals surface area (Å²) in [6.07, 6.45) is 5.33. The van der Waals surface area contributed by atoms with Gasteiger partial charge in [-0.05, 0) is 49.9 Å². The van der Waals surface area contributed by atoms with Crippen molar-refractivity contribution in [2.45, 2.75) is 52.0 Å². The van der Waals surface area contributed by atoms with E-state index in [0.29, 0.717) is 0 Å². The first-order chi connectivity index (χ1) is 10.1. The Labute approximate surface area is 127 Å². The predicted octanol–water partition coefficient (Wildman–Crippen LogP) is 3.05. The highest BCUT2D eigenvalue weighted by Gasteiger charge is 2.16. The molecule has 1 aliphatic rings. The number of amides is 1. The van der Waals surface area contributed by atoms with E-state index in [-0.39, 0.29) is 5.91 Å². The highest BCUT2D eigenvalue weighted by molar-refractivity contribution is 5.95. The number of hydrogen-bond donors (Lipinski definition) is 2. The van der Waals surface area contributed by atoms with E-state index in [9.17, 15) is 4.79 Å². The van der Waals surface area contributed by atoms with E-state index in [1.165, 1.54) is 18.5 Å². The molecule has 1 aromatic carbocycles. The molecule has 0 saturated carbocycles. The molecule has 21 heavy (non-hydrogen) atoms. The average Bonchev–Trinajstić information content (AvgIpc) is 3.00. The van der Waals surface area contributed by atoms with Crippen LogP contribution in [0.15, 0.2) is 18.2 Å². The lowest BCUT2D eigenvalue weighted by Crippen LogP contribution is -2.35. The van der Waals surface area contributed by atoms with Crippen LogP contribution >= 0.6 is 0 Å². The minimum atomic E-state index is -0.414. The Hall–Kier alpha value is -1.55. The number of rotatable bonds is 6. The van der Waals surface area contributed by atoms with Crippen molar-refractivity contribution in [3.05, 3.63) is 23.8 Å². The van der Waals surface area contributed by atoms with Crippen molar-refractivity contribution in [3.63, 3.8) is 0 Å². The van der Waals surface area contributed by atoms with Gasteiger partial charge in [-0.25, -0.2) is 0 Å². The molecule has 0 aliphatic carbocycles. The molecule has 1 heterocycles. The van der Waals surface area contributed by atoms with Crippen molar-refractivity contribution in [1.82, 2.24) is 0 Å². The third kappa shape index (κ3) is 4.21. The maximum atomic E-state index is 12.1. The van der Waals surface area contributed by atoms with Crippen molar-refractivity contribution in [2.24, 2.45) is 5.73 Å². The number of hydrogen-bond acceptors (Lipinski definition) is 3. The molecule has 4 heteroatoms. The highest BCUT2D eigenvalue weighted by Crippen LogP contribution is 2.25. The van der Waals surface area contributed by atoms with Gasteiger partial charge in [-0.3, -0.25) is 4.79 Å². The summed E-state index contributed by atoms with van der Waals surface area (Å²) >= 11 is 0. The lowest BCUT2D eigenvalue weighted by atomic mass is 10.1. The van der Waals surface area contributed by atoms with Crippen LogP contribution in [0.3, 0.4) is 0 Å². The van der Waals surface area contributed by atoms with Gasteiger partial charge in [0.25, 0.3) is 0 Å². The predicted molar refractivity (Wildman–Crippen MR) is 88.8 cm³/mol. The molecule has 1 atom stereocenters. The van der Waals surface area contributed by atoms with Crippen LogP contribution in [0.25, 0.3) is 0 Å². The van der Waals surface area contributed by atoms with Gasteiger partial charge in [-0.2, -0.15) is 0 Å². The summed E-state index contributed by atoms with van der Waals surface area (Å²) in [6, 6.07) is 5.82. The lowest BCUT2D eigenvalue weighted by Gasteiger charge is -2.20. The highest BCUT2D eigenvalue weighted by atomic mass is 16.2. The van der Waals surface area contributed by atoms with Gasteiger partial charge in [0.1, 0.15) is 0 Å². The van der Waals surface area contributed by atoms with E-state index in [1.54, 1.807) is 0 Å². The Morgan fingerprint density at radius 1 is 1.38 bits per heavy atom. The zero-order valence-corrected chi connectivity index (χ0v) is 13.2. The fraction of sp³-hybridized carbons (Fsp3) is 0.588. The molecule has 0 bridgehead atoms. The summed E-state index contributed by atoms with van der Waals surface area (Å²) in [5, 5.41) is 2.95. The second-order valence-electron chi connectivity index (χ2n) is 5.93. The topological polar surface area (TPSA) is 58.4 Å². The quantitative estimate of drug-likeness (QED) is 0.846. The maximum Gasteiger partial charge on any atom is 0.241 e. The van der Waals surface area contributed by atoms with E-state index < -0.39 is 6.04 Å². The lowest BCUT2D eigenvalue weighted by molar-refractivity contribution is -0.117. The molecule has 4 nitrogen and oxygen atoms in total. The molecule has 1 saturated heterocycles. The summed E-state index contributed by atoms with van der Waals surface area (Å²) in [6.45, 7) is 6.40. The molecular weight excluding hydrogens is 262 g/mol. The van der Waals surface area contributed by atoms with Gasteiger partial charge < -0.3 is 16.0 Å². The van der Waals surface area contributed by atoms with Crippen LogP contribution < -0.4 is 16.0 Å². The normalized spacial score (nSPS) is 16.0. The van der Waals surface area contributed by atoms with Gasteiger partial charge in [-0.15, -0.1) is 0 Å². The second-order valence-corrected chi connectivity index (χ2v) is 5.93. The van der Waals surface area contributed by atoms with Crippen LogP contribution in [0.4, 0.5) is 11.4 Å². The fourth-order valence-electron chi connectivity index (χ4n) is 2.74. The Bertz CT molecular complexity index is 481. The molecular formula is C17H27N3O. The van der Waals surface area contributed by atoms with Crippen molar-refractivity contribution >= 4 is 17.3 Å². The van der Waals surface area contributed by atoms with Crippen molar-refractivity contribution < 1.29 is 4.79 Å². The number of nitrogens with zero attached hydrogens (tertiary/aromatic N) is 1. The standard InChI is InChI=1S/C17H27N3O/c1-3-4-7-15(18)17(21)19-16-9-8-14(12-13(16)2)20-10-5-6-11-20/h8-9,12,15H,3-7,10-11,18H2,1-2H3,(H,19,21). The smallest absolute Gasteiger partial charge is 0.241 e. The molecule has 0 radical (unpaired) electrons. The number of aryl methyl sites for hydroxylation is 1. The number of nitrogens with one attached hydrogen (secondary N) is 1. The largest absolute Gasteiger partial charge is 0.372 e. The third-order valence-electron chi connectivity index (χ3n) is 4.14. The van der Waals surface area contributed by atoms with Gasteiger partial charge in [0, 0.05) is 24.5 Å². The molecule has 1 aliphatic heterocycles. The number of nitrogens with two attached hydrogens (primary N) is 1. The minimum absolute atomic E-state index is 0.0829. The summed E-state index contributed by atoms with van der Waals surface area (Å²) in [4.78, 5) is 14.5. The number of unbranched alkanes of at least 4 members (excludes halogenated alkanes) is 1. The first-order valence-corrected chi connectivity index (χ1v) is 8.04. The summed E-state index contributed by atoms with van der Waals surface area (Å²) in [5.74, 6) is -0.0829. The Kier molecular flexibility index (Phi) is 5.62. The van der Waals surface area contributed by atoms with Gasteiger partial charge in [0.2, 0.25) is 5.91 Å². The molecule has 0 aromatic heterocycles. The van der Waals surface area contributed by atoms with Crippen LogP contribution in [-0.4, -0.2) is 25.0 Å². The van der Waals surface area contributed by atoms with E-state index in [1.807, 2.05) is 13.0 Å². The zero-order valence-electron chi connectivity index (χ0n) is 13.2. The molecule has 3 N–H and O–H groups in total. The molecule has 0 spiro atoms. The summed E-state index contributed by atoms with van der Waals surface area (Å²) in [7, 11) is 0. The number of anilines is 2. The van der Waals surface area contributed by atoms with Crippen LogP contribution in [0.2, 0.25) is 0 Å². The van der Waals surface area contributed by atoms with E-state index in [0.717, 1.165) is 43.6 Å². The van der Waals surface area contributed by atoms with Crippen LogP contribution in [0.5, 0.6) is 0 Å². The first-order valence-electron chi connectivity index (χ1n) is 8.04. The Morgan fingerprint density at radius 2 is 2.10 bits per heavy atom. The third-order valence-corrected chi connectivity index (χ3v) is 4.14. The molecule has 2 rings (SSSR count). The van der Waals surface area contributed by atoms with E-state index >= 15 is 0 Å². The van der Waals surface area contributed by atoms with Crippen LogP contribution in [-0.2, 0) is 4.79 Å². The van der Waals surface area contributed by atoms with E-state index in [4.69, 9.17) is 5.73 Å². The molecule has 116 valence electrons. The number of carbonyl (C=O) groups excluding carboxylic acids is 1. The van der Waals surface area contributed by atoms with Gasteiger partial charge >= 0.3 is 0 Å². The van der Waals surface area contributed by atoms with E-state index in [2.05, 4.69) is 29.3 Å². The molecule has 1 fully saturated rings. The summed E-state index contributed by atoms with van der Waals surface area (Å²) < 4.78 is 0. The molecule has 1 amide bonds. The van der Waals surface area contributed by atoms with Gasteiger partial charge in [0.05, 0.1) is 6.04 Å². The van der Waals surface area contributed by atoms with Crippen molar-refractivity contribution in [2.75, 3.05) is 23.3 Å². The van der Waals surface area contributed by atoms with Gasteiger partial charge in [0.15, 0.2) is 0 Å². The molecule has 1 unspecified atom stereocenters. The van der Waals surface area contributed by atoms with Crippen LogP contribution in [0, 0.1) is 6.92 Å². The average molecular weight is 289 g/mol. The van der Waals surface area contributed by atoms with Gasteiger partial charge in [-0.1, -0.05) is 19.8 Å². The first kappa shape index (κ1) is 15.8.